The van der Waals surface area contributed by atoms with Gasteiger partial charge in [-0.05, 0) is 35.2 Å². The van der Waals surface area contributed by atoms with E-state index in [-0.39, 0.29) is 11.5 Å². The van der Waals surface area contributed by atoms with Gasteiger partial charge in [0.2, 0.25) is 5.82 Å². The predicted octanol–water partition coefficient (Wildman–Crippen LogP) is 4.53. The second-order valence-electron chi connectivity index (χ2n) is 4.81. The Morgan fingerprint density at radius 3 is 2.84 bits per heavy atom. The minimum atomic E-state index is 0.136. The number of hydrogen-bond donors (Lipinski definition) is 0. The molecule has 8 heteroatoms. The number of ether oxygens (including phenoxy) is 2. The summed E-state index contributed by atoms with van der Waals surface area (Å²) in [5, 5.41) is 15.6. The van der Waals surface area contributed by atoms with Gasteiger partial charge in [-0.3, -0.25) is 0 Å². The van der Waals surface area contributed by atoms with Crippen molar-refractivity contribution in [3.05, 3.63) is 46.1 Å². The Kier molecular flexibility index (Phi) is 5.03. The second kappa shape index (κ2) is 7.38. The summed E-state index contributed by atoms with van der Waals surface area (Å²) in [5.74, 6) is 1.47. The summed E-state index contributed by atoms with van der Waals surface area (Å²) < 4.78 is 15.7. The number of methoxy groups -OCH3 is 2. The normalized spacial score (nSPS) is 11.2. The number of halogens is 1. The molecule has 0 saturated carbocycles. The lowest BCUT2D eigenvalue weighted by Gasteiger charge is -2.10. The highest BCUT2D eigenvalue weighted by Crippen LogP contribution is 2.37. The molecule has 0 fully saturated rings. The van der Waals surface area contributed by atoms with Gasteiger partial charge in [-0.2, -0.15) is 10.2 Å². The highest BCUT2D eigenvalue weighted by molar-refractivity contribution is 7.13. The molecule has 0 N–H and O–H groups in total. The molecule has 0 atom stereocenters. The van der Waals surface area contributed by atoms with E-state index in [0.29, 0.717) is 27.9 Å². The zero-order valence-electron chi connectivity index (χ0n) is 13.3. The number of nitriles is 1. The summed E-state index contributed by atoms with van der Waals surface area (Å²) in [6.07, 6.45) is 1.60. The molecule has 0 saturated heterocycles. The average molecular weight is 374 g/mol. The van der Waals surface area contributed by atoms with Gasteiger partial charge in [0.1, 0.15) is 11.6 Å². The fourth-order valence-corrected chi connectivity index (χ4v) is 3.11. The van der Waals surface area contributed by atoms with Crippen LogP contribution in [0.2, 0.25) is 5.02 Å². The van der Waals surface area contributed by atoms with Crippen molar-refractivity contribution in [3.8, 4) is 28.3 Å². The van der Waals surface area contributed by atoms with Crippen LogP contribution < -0.4 is 9.47 Å². The number of nitrogens with zero attached hydrogens (tertiary/aromatic N) is 3. The van der Waals surface area contributed by atoms with E-state index in [0.717, 1.165) is 4.88 Å². The highest BCUT2D eigenvalue weighted by Gasteiger charge is 2.15. The number of thiophene rings is 1. The Morgan fingerprint density at radius 2 is 2.20 bits per heavy atom. The van der Waals surface area contributed by atoms with Gasteiger partial charge in [0.15, 0.2) is 11.5 Å². The van der Waals surface area contributed by atoms with E-state index in [2.05, 4.69) is 16.2 Å². The third-order valence-electron chi connectivity index (χ3n) is 3.29. The van der Waals surface area contributed by atoms with Crippen molar-refractivity contribution in [2.75, 3.05) is 14.2 Å². The van der Waals surface area contributed by atoms with Gasteiger partial charge < -0.3 is 14.0 Å². The van der Waals surface area contributed by atoms with Gasteiger partial charge in [-0.1, -0.05) is 22.8 Å². The van der Waals surface area contributed by atoms with Crippen LogP contribution in [0, 0.1) is 11.3 Å². The quantitative estimate of drug-likeness (QED) is 0.611. The van der Waals surface area contributed by atoms with E-state index in [1.807, 2.05) is 17.5 Å². The summed E-state index contributed by atoms with van der Waals surface area (Å²) in [6, 6.07) is 9.20. The number of allylic oxidation sites excluding steroid dienone is 1. The molecule has 25 heavy (non-hydrogen) atoms. The van der Waals surface area contributed by atoms with E-state index in [9.17, 15) is 5.26 Å². The molecule has 0 unspecified atom stereocenters. The van der Waals surface area contributed by atoms with Gasteiger partial charge in [-0.25, -0.2) is 0 Å². The van der Waals surface area contributed by atoms with Crippen LogP contribution in [0.1, 0.15) is 11.5 Å². The van der Waals surface area contributed by atoms with Gasteiger partial charge in [0.25, 0.3) is 5.89 Å². The van der Waals surface area contributed by atoms with Crippen molar-refractivity contribution in [3.63, 3.8) is 0 Å². The SMILES string of the molecule is COc1cc(/C=C(\C#N)c2nc(-c3cccs3)no2)cc(Cl)c1OC. The zero-order chi connectivity index (χ0) is 17.8. The fourth-order valence-electron chi connectivity index (χ4n) is 2.17. The molecule has 3 rings (SSSR count). The lowest BCUT2D eigenvalue weighted by atomic mass is 10.1. The molecule has 0 spiro atoms. The summed E-state index contributed by atoms with van der Waals surface area (Å²) in [4.78, 5) is 5.13. The third kappa shape index (κ3) is 3.50. The number of rotatable bonds is 5. The molecule has 6 nitrogen and oxygen atoms in total. The van der Waals surface area contributed by atoms with E-state index < -0.39 is 0 Å². The fraction of sp³-hybridized carbons (Fsp3) is 0.118. The van der Waals surface area contributed by atoms with Crippen LogP contribution in [0.5, 0.6) is 11.5 Å². The standard InChI is InChI=1S/C17H12ClN3O3S/c1-22-13-8-10(7-12(18)15(13)23-2)6-11(9-19)17-20-16(21-24-17)14-4-3-5-25-14/h3-8H,1-2H3/b11-6+. The third-order valence-corrected chi connectivity index (χ3v) is 4.43. The summed E-state index contributed by atoms with van der Waals surface area (Å²) in [5.41, 5.74) is 0.869. The van der Waals surface area contributed by atoms with Crippen molar-refractivity contribution >= 4 is 34.6 Å². The largest absolute Gasteiger partial charge is 0.493 e. The molecule has 0 aliphatic carbocycles. The Balaban J connectivity index is 1.99. The van der Waals surface area contributed by atoms with Crippen molar-refractivity contribution in [1.29, 1.82) is 5.26 Å². The Bertz CT molecular complexity index is 958. The molecular formula is C17H12ClN3O3S. The van der Waals surface area contributed by atoms with Crippen LogP contribution in [0.25, 0.3) is 22.4 Å². The van der Waals surface area contributed by atoms with Crippen LogP contribution in [0.3, 0.4) is 0 Å². The van der Waals surface area contributed by atoms with Gasteiger partial charge in [0, 0.05) is 0 Å². The molecule has 0 amide bonds. The first-order valence-electron chi connectivity index (χ1n) is 7.07. The lowest BCUT2D eigenvalue weighted by Crippen LogP contribution is -1.92. The van der Waals surface area contributed by atoms with Crippen LogP contribution in [-0.2, 0) is 0 Å². The molecule has 2 heterocycles. The number of aromatic nitrogens is 2. The first kappa shape index (κ1) is 17.0. The topological polar surface area (TPSA) is 81.2 Å². The van der Waals surface area contributed by atoms with E-state index in [1.165, 1.54) is 25.6 Å². The Labute approximate surface area is 152 Å². The van der Waals surface area contributed by atoms with Crippen LogP contribution in [0.15, 0.2) is 34.2 Å². The smallest absolute Gasteiger partial charge is 0.268 e. The summed E-state index contributed by atoms with van der Waals surface area (Å²) in [7, 11) is 3.02. The minimum Gasteiger partial charge on any atom is -0.493 e. The van der Waals surface area contributed by atoms with Crippen molar-refractivity contribution in [2.24, 2.45) is 0 Å². The van der Waals surface area contributed by atoms with E-state index in [1.54, 1.807) is 18.2 Å². The van der Waals surface area contributed by atoms with Gasteiger partial charge >= 0.3 is 0 Å². The monoisotopic (exact) mass is 373 g/mol. The second-order valence-corrected chi connectivity index (χ2v) is 6.16. The summed E-state index contributed by atoms with van der Waals surface area (Å²) >= 11 is 7.68. The lowest BCUT2D eigenvalue weighted by molar-refractivity contribution is 0.355. The van der Waals surface area contributed by atoms with E-state index in [4.69, 9.17) is 25.6 Å². The van der Waals surface area contributed by atoms with Crippen molar-refractivity contribution in [1.82, 2.24) is 10.1 Å². The molecule has 1 aromatic carbocycles. The molecule has 0 bridgehead atoms. The first-order valence-corrected chi connectivity index (χ1v) is 8.33. The maximum Gasteiger partial charge on any atom is 0.268 e. The maximum atomic E-state index is 9.44. The van der Waals surface area contributed by atoms with Crippen molar-refractivity contribution < 1.29 is 14.0 Å². The highest BCUT2D eigenvalue weighted by atomic mass is 35.5. The molecule has 126 valence electrons. The predicted molar refractivity (Wildman–Crippen MR) is 95.7 cm³/mol. The Hall–Kier alpha value is -2.82. The van der Waals surface area contributed by atoms with Crippen molar-refractivity contribution in [2.45, 2.75) is 0 Å². The first-order chi connectivity index (χ1) is 12.2. The average Bonchev–Trinajstić information content (AvgIpc) is 3.30. The number of benzene rings is 1. The zero-order valence-corrected chi connectivity index (χ0v) is 14.9. The van der Waals surface area contributed by atoms with E-state index >= 15 is 0 Å². The number of hydrogen-bond acceptors (Lipinski definition) is 7. The van der Waals surface area contributed by atoms with Gasteiger partial charge in [0.05, 0.1) is 24.1 Å². The summed E-state index contributed by atoms with van der Waals surface area (Å²) in [6.45, 7) is 0. The van der Waals surface area contributed by atoms with Crippen LogP contribution >= 0.6 is 22.9 Å². The molecule has 2 aromatic heterocycles. The minimum absolute atomic E-state index is 0.136. The van der Waals surface area contributed by atoms with Gasteiger partial charge in [-0.15, -0.1) is 11.3 Å². The molecular weight excluding hydrogens is 362 g/mol. The van der Waals surface area contributed by atoms with Crippen LogP contribution in [0.4, 0.5) is 0 Å². The molecule has 0 aliphatic heterocycles. The molecule has 0 aliphatic rings. The van der Waals surface area contributed by atoms with Crippen LogP contribution in [-0.4, -0.2) is 24.4 Å². The maximum absolute atomic E-state index is 9.44. The molecule has 3 aromatic rings. The molecule has 0 radical (unpaired) electrons. The Morgan fingerprint density at radius 1 is 1.36 bits per heavy atom.